The van der Waals surface area contributed by atoms with E-state index in [9.17, 15) is 8.78 Å². The van der Waals surface area contributed by atoms with Gasteiger partial charge in [-0.2, -0.15) is 10.2 Å². The fraction of sp³-hybridized carbons (Fsp3) is 0. The molecule has 0 aromatic heterocycles. The quantitative estimate of drug-likeness (QED) is 0.243. The molecule has 0 saturated carbocycles. The van der Waals surface area contributed by atoms with E-state index in [1.807, 2.05) is 48.5 Å². The molecule has 152 valence electrons. The van der Waals surface area contributed by atoms with Crippen molar-refractivity contribution in [2.45, 2.75) is 0 Å². The lowest BCUT2D eigenvalue weighted by Crippen LogP contribution is -1.77. The van der Waals surface area contributed by atoms with Gasteiger partial charge in [-0.15, -0.1) is 0 Å². The maximum atomic E-state index is 12.9. The number of halogens is 2. The molecular weight excluding hydrogens is 402 g/mol. The Morgan fingerprint density at radius 3 is 0.906 bits per heavy atom. The fourth-order valence-corrected chi connectivity index (χ4v) is 2.69. The maximum Gasteiger partial charge on any atom is 0.123 e. The van der Waals surface area contributed by atoms with E-state index in [0.717, 1.165) is 22.3 Å². The van der Waals surface area contributed by atoms with Crippen LogP contribution in [0.2, 0.25) is 0 Å². The number of hydrogen-bond acceptors (Lipinski definition) is 2. The second kappa shape index (κ2) is 9.98. The topological polar surface area (TPSA) is 24.7 Å². The Morgan fingerprint density at radius 1 is 0.375 bits per heavy atom. The van der Waals surface area contributed by atoms with Crippen LogP contribution in [0.15, 0.2) is 107 Å². The molecule has 0 fully saturated rings. The van der Waals surface area contributed by atoms with Crippen molar-refractivity contribution < 1.29 is 8.78 Å². The minimum absolute atomic E-state index is 0.280. The van der Waals surface area contributed by atoms with E-state index in [-0.39, 0.29) is 11.6 Å². The Labute approximate surface area is 185 Å². The molecule has 4 aromatic carbocycles. The molecule has 0 aliphatic rings. The zero-order valence-corrected chi connectivity index (χ0v) is 16.9. The predicted octanol–water partition coefficient (Wildman–Crippen LogP) is 7.18. The van der Waals surface area contributed by atoms with Crippen LogP contribution in [0.25, 0.3) is 0 Å². The van der Waals surface area contributed by atoms with Crippen molar-refractivity contribution in [1.82, 2.24) is 0 Å². The van der Waals surface area contributed by atoms with Gasteiger partial charge in [-0.25, -0.2) is 8.78 Å². The number of nitrogens with zero attached hydrogens (tertiary/aromatic N) is 2. The van der Waals surface area contributed by atoms with Gasteiger partial charge in [0.1, 0.15) is 11.6 Å². The minimum atomic E-state index is -0.280. The molecule has 0 N–H and O–H groups in total. The molecule has 4 aromatic rings. The molecule has 0 aliphatic carbocycles. The third-order valence-corrected chi connectivity index (χ3v) is 4.41. The number of rotatable bonds is 2. The molecule has 0 spiro atoms. The highest BCUT2D eigenvalue weighted by atomic mass is 19.1. The second-order valence-corrected chi connectivity index (χ2v) is 6.81. The lowest BCUT2D eigenvalue weighted by Gasteiger charge is -1.96. The highest BCUT2D eigenvalue weighted by molar-refractivity contribution is 5.49. The second-order valence-electron chi connectivity index (χ2n) is 6.81. The SMILES string of the molecule is Fc1ccc(C#Cc2ccc(N=Nc3ccc(C#Cc4ccc(F)cc4)cc3)cc2)cc1. The molecule has 0 radical (unpaired) electrons. The lowest BCUT2D eigenvalue weighted by molar-refractivity contribution is 0.627. The first-order valence-corrected chi connectivity index (χ1v) is 9.81. The molecule has 0 amide bonds. The summed E-state index contributed by atoms with van der Waals surface area (Å²) in [4.78, 5) is 0. The summed E-state index contributed by atoms with van der Waals surface area (Å²) in [6.45, 7) is 0. The van der Waals surface area contributed by atoms with E-state index >= 15 is 0 Å². The van der Waals surface area contributed by atoms with Crippen LogP contribution < -0.4 is 0 Å². The molecule has 0 aliphatic heterocycles. The summed E-state index contributed by atoms with van der Waals surface area (Å²) in [5, 5.41) is 8.48. The summed E-state index contributed by atoms with van der Waals surface area (Å²) in [7, 11) is 0. The summed E-state index contributed by atoms with van der Waals surface area (Å²) < 4.78 is 25.9. The van der Waals surface area contributed by atoms with Crippen LogP contribution in [0, 0.1) is 35.3 Å². The van der Waals surface area contributed by atoms with Crippen molar-refractivity contribution in [2.75, 3.05) is 0 Å². The zero-order chi connectivity index (χ0) is 22.2. The Bertz CT molecular complexity index is 1240. The highest BCUT2D eigenvalue weighted by Gasteiger charge is 1.94. The Kier molecular flexibility index (Phi) is 6.46. The van der Waals surface area contributed by atoms with Crippen LogP contribution in [0.3, 0.4) is 0 Å². The first-order valence-electron chi connectivity index (χ1n) is 9.81. The van der Waals surface area contributed by atoms with Crippen LogP contribution in [0.5, 0.6) is 0 Å². The van der Waals surface area contributed by atoms with E-state index in [4.69, 9.17) is 0 Å². The Morgan fingerprint density at radius 2 is 0.625 bits per heavy atom. The van der Waals surface area contributed by atoms with Gasteiger partial charge in [-0.3, -0.25) is 0 Å². The van der Waals surface area contributed by atoms with Gasteiger partial charge < -0.3 is 0 Å². The third kappa shape index (κ3) is 5.98. The molecule has 4 rings (SSSR count). The van der Waals surface area contributed by atoms with Crippen LogP contribution >= 0.6 is 0 Å². The minimum Gasteiger partial charge on any atom is -0.207 e. The molecule has 2 nitrogen and oxygen atoms in total. The summed E-state index contributed by atoms with van der Waals surface area (Å²) in [6.07, 6.45) is 0. The van der Waals surface area contributed by atoms with Gasteiger partial charge >= 0.3 is 0 Å². The van der Waals surface area contributed by atoms with Crippen molar-refractivity contribution in [1.29, 1.82) is 0 Å². The number of benzene rings is 4. The molecule has 0 unspecified atom stereocenters. The smallest absolute Gasteiger partial charge is 0.123 e. The maximum absolute atomic E-state index is 12.9. The summed E-state index contributed by atoms with van der Waals surface area (Å²) in [6, 6.07) is 26.9. The summed E-state index contributed by atoms with van der Waals surface area (Å²) in [5.41, 5.74) is 4.58. The van der Waals surface area contributed by atoms with Gasteiger partial charge in [0, 0.05) is 22.3 Å². The van der Waals surface area contributed by atoms with Crippen LogP contribution in [0.1, 0.15) is 22.3 Å². The van der Waals surface area contributed by atoms with Crippen molar-refractivity contribution in [2.24, 2.45) is 10.2 Å². The van der Waals surface area contributed by atoms with Crippen LogP contribution in [-0.4, -0.2) is 0 Å². The molecule has 0 heterocycles. The van der Waals surface area contributed by atoms with Crippen molar-refractivity contribution in [3.05, 3.63) is 131 Å². The van der Waals surface area contributed by atoms with Crippen molar-refractivity contribution in [3.63, 3.8) is 0 Å². The summed E-state index contributed by atoms with van der Waals surface area (Å²) in [5.74, 6) is 11.5. The van der Waals surface area contributed by atoms with E-state index in [1.54, 1.807) is 24.3 Å². The van der Waals surface area contributed by atoms with Gasteiger partial charge in [0.15, 0.2) is 0 Å². The van der Waals surface area contributed by atoms with Gasteiger partial charge in [0.05, 0.1) is 11.4 Å². The molecule has 4 heteroatoms. The average Bonchev–Trinajstić information content (AvgIpc) is 2.83. The number of hydrogen-bond donors (Lipinski definition) is 0. The van der Waals surface area contributed by atoms with E-state index < -0.39 is 0 Å². The van der Waals surface area contributed by atoms with E-state index in [0.29, 0.717) is 11.4 Å². The lowest BCUT2D eigenvalue weighted by atomic mass is 10.1. The average molecular weight is 418 g/mol. The Hall–Kier alpha value is -4.54. The zero-order valence-electron chi connectivity index (χ0n) is 16.9. The van der Waals surface area contributed by atoms with Crippen LogP contribution in [0.4, 0.5) is 20.2 Å². The predicted molar refractivity (Wildman–Crippen MR) is 122 cm³/mol. The first-order chi connectivity index (χ1) is 15.6. The summed E-state index contributed by atoms with van der Waals surface area (Å²) >= 11 is 0. The van der Waals surface area contributed by atoms with Crippen LogP contribution in [-0.2, 0) is 0 Å². The molecule has 32 heavy (non-hydrogen) atoms. The normalized spacial score (nSPS) is 10.2. The van der Waals surface area contributed by atoms with Gasteiger partial charge in [-0.05, 0) is 97.1 Å². The molecular formula is C28H16F2N2. The first kappa shape index (κ1) is 20.7. The fourth-order valence-electron chi connectivity index (χ4n) is 2.69. The van der Waals surface area contributed by atoms with E-state index in [1.165, 1.54) is 24.3 Å². The third-order valence-electron chi connectivity index (χ3n) is 4.41. The van der Waals surface area contributed by atoms with Crippen molar-refractivity contribution >= 4 is 11.4 Å². The standard InChI is InChI=1S/C28H16F2N2/c29-25-13-5-21(6-14-25)1-3-23-9-17-27(18-10-23)31-32-28-19-11-24(12-20-28)4-2-22-7-15-26(30)16-8-22/h5-20H. The highest BCUT2D eigenvalue weighted by Crippen LogP contribution is 2.19. The number of azo groups is 1. The van der Waals surface area contributed by atoms with Gasteiger partial charge in [-0.1, -0.05) is 23.7 Å². The van der Waals surface area contributed by atoms with Crippen molar-refractivity contribution in [3.8, 4) is 23.7 Å². The monoisotopic (exact) mass is 418 g/mol. The Balaban J connectivity index is 1.38. The molecule has 0 bridgehead atoms. The van der Waals surface area contributed by atoms with Gasteiger partial charge in [0.2, 0.25) is 0 Å². The van der Waals surface area contributed by atoms with Gasteiger partial charge in [0.25, 0.3) is 0 Å². The van der Waals surface area contributed by atoms with E-state index in [2.05, 4.69) is 33.9 Å². The molecule has 0 atom stereocenters. The largest absolute Gasteiger partial charge is 0.207 e. The molecule has 0 saturated heterocycles.